The summed E-state index contributed by atoms with van der Waals surface area (Å²) in [6, 6.07) is 18.2. The van der Waals surface area contributed by atoms with E-state index in [9.17, 15) is 0 Å². The molecule has 166 valence electrons. The van der Waals surface area contributed by atoms with E-state index in [1.54, 1.807) is 29.3 Å². The van der Waals surface area contributed by atoms with Crippen molar-refractivity contribution in [3.8, 4) is 11.5 Å². The summed E-state index contributed by atoms with van der Waals surface area (Å²) in [5.74, 6) is 2.19. The zero-order valence-corrected chi connectivity index (χ0v) is 19.1. The molecule has 6 rings (SSSR count). The first kappa shape index (κ1) is 20.1. The highest BCUT2D eigenvalue weighted by Gasteiger charge is 2.24. The van der Waals surface area contributed by atoms with Crippen molar-refractivity contribution >= 4 is 27.2 Å². The van der Waals surface area contributed by atoms with Crippen LogP contribution >= 0.6 is 11.3 Å². The molecule has 0 spiro atoms. The van der Waals surface area contributed by atoms with E-state index in [1.807, 2.05) is 24.3 Å². The molecule has 0 atom stereocenters. The van der Waals surface area contributed by atoms with Crippen molar-refractivity contribution in [2.45, 2.75) is 26.1 Å². The second-order valence-electron chi connectivity index (χ2n) is 8.14. The van der Waals surface area contributed by atoms with E-state index in [0.29, 0.717) is 12.4 Å². The van der Waals surface area contributed by atoms with E-state index in [4.69, 9.17) is 14.5 Å². The Morgan fingerprint density at radius 2 is 1.85 bits per heavy atom. The van der Waals surface area contributed by atoms with Gasteiger partial charge in [0.15, 0.2) is 11.5 Å². The Hall–Kier alpha value is -3.49. The maximum Gasteiger partial charge on any atom is 0.189 e. The van der Waals surface area contributed by atoms with Gasteiger partial charge < -0.3 is 9.47 Å². The number of rotatable bonds is 6. The predicted molar refractivity (Wildman–Crippen MR) is 128 cm³/mol. The Morgan fingerprint density at radius 1 is 1.03 bits per heavy atom. The van der Waals surface area contributed by atoms with Crippen LogP contribution in [-0.4, -0.2) is 38.1 Å². The molecule has 0 amide bonds. The molecule has 4 heterocycles. The Balaban J connectivity index is 1.25. The van der Waals surface area contributed by atoms with Crippen LogP contribution in [0.2, 0.25) is 0 Å². The van der Waals surface area contributed by atoms with Gasteiger partial charge in [0.05, 0.1) is 12.5 Å². The average molecular weight is 458 g/mol. The zero-order valence-electron chi connectivity index (χ0n) is 18.3. The van der Waals surface area contributed by atoms with Gasteiger partial charge in [-0.3, -0.25) is 4.90 Å². The van der Waals surface area contributed by atoms with Gasteiger partial charge in [-0.05, 0) is 41.8 Å². The molecule has 0 aliphatic carbocycles. The fraction of sp³-hybridized carbons (Fsp3) is 0.240. The SMILES string of the molecule is COc1ccc(OCc2nc3c4c5c(sc4ncn3n2)CN(Cc2ccccc2)CC5)cc1. The summed E-state index contributed by atoms with van der Waals surface area (Å²) in [6.45, 7) is 3.23. The molecule has 7 nitrogen and oxygen atoms in total. The maximum absolute atomic E-state index is 5.88. The highest BCUT2D eigenvalue weighted by atomic mass is 32.1. The molecule has 3 aromatic heterocycles. The van der Waals surface area contributed by atoms with Gasteiger partial charge in [0, 0.05) is 24.5 Å². The summed E-state index contributed by atoms with van der Waals surface area (Å²) in [5, 5.41) is 5.74. The van der Waals surface area contributed by atoms with Crippen LogP contribution < -0.4 is 9.47 Å². The van der Waals surface area contributed by atoms with Crippen LogP contribution in [0.5, 0.6) is 11.5 Å². The Labute approximate surface area is 195 Å². The first-order valence-corrected chi connectivity index (χ1v) is 11.8. The number of hydrogen-bond acceptors (Lipinski definition) is 7. The largest absolute Gasteiger partial charge is 0.497 e. The van der Waals surface area contributed by atoms with Crippen LogP contribution in [-0.2, 0) is 26.1 Å². The second-order valence-corrected chi connectivity index (χ2v) is 9.22. The van der Waals surface area contributed by atoms with Gasteiger partial charge in [0.25, 0.3) is 0 Å². The minimum atomic E-state index is 0.298. The van der Waals surface area contributed by atoms with Crippen molar-refractivity contribution in [3.05, 3.63) is 82.8 Å². The van der Waals surface area contributed by atoms with E-state index >= 15 is 0 Å². The van der Waals surface area contributed by atoms with Gasteiger partial charge in [-0.1, -0.05) is 30.3 Å². The normalized spacial score (nSPS) is 14.0. The van der Waals surface area contributed by atoms with Crippen molar-refractivity contribution < 1.29 is 9.47 Å². The van der Waals surface area contributed by atoms with Crippen LogP contribution in [0.3, 0.4) is 0 Å². The van der Waals surface area contributed by atoms with Gasteiger partial charge in [-0.15, -0.1) is 16.4 Å². The molecule has 8 heteroatoms. The number of benzene rings is 2. The summed E-state index contributed by atoms with van der Waals surface area (Å²) >= 11 is 1.77. The number of aromatic nitrogens is 4. The summed E-state index contributed by atoms with van der Waals surface area (Å²) in [5.41, 5.74) is 3.58. The highest BCUT2D eigenvalue weighted by molar-refractivity contribution is 7.19. The molecular weight excluding hydrogens is 434 g/mol. The lowest BCUT2D eigenvalue weighted by atomic mass is 10.0. The fourth-order valence-corrected chi connectivity index (χ4v) is 5.57. The molecule has 0 N–H and O–H groups in total. The number of nitrogens with zero attached hydrogens (tertiary/aromatic N) is 5. The van der Waals surface area contributed by atoms with Crippen molar-refractivity contribution in [2.75, 3.05) is 13.7 Å². The fourth-order valence-electron chi connectivity index (χ4n) is 4.35. The van der Waals surface area contributed by atoms with Crippen LogP contribution in [0.4, 0.5) is 0 Å². The molecule has 0 unspecified atom stereocenters. The minimum absolute atomic E-state index is 0.298. The third kappa shape index (κ3) is 3.92. The maximum atomic E-state index is 5.88. The van der Waals surface area contributed by atoms with Crippen LogP contribution in [0.1, 0.15) is 21.8 Å². The number of ether oxygens (including phenoxy) is 2. The Morgan fingerprint density at radius 3 is 2.67 bits per heavy atom. The summed E-state index contributed by atoms with van der Waals surface area (Å²) < 4.78 is 12.8. The first-order valence-electron chi connectivity index (χ1n) is 10.9. The molecule has 1 aliphatic heterocycles. The third-order valence-electron chi connectivity index (χ3n) is 5.98. The number of thiophene rings is 1. The van der Waals surface area contributed by atoms with Gasteiger partial charge >= 0.3 is 0 Å². The second kappa shape index (κ2) is 8.46. The van der Waals surface area contributed by atoms with Crippen LogP contribution in [0.25, 0.3) is 15.9 Å². The van der Waals surface area contributed by atoms with Gasteiger partial charge in [0.1, 0.15) is 29.3 Å². The average Bonchev–Trinajstić information content (AvgIpc) is 3.44. The van der Waals surface area contributed by atoms with Gasteiger partial charge in [-0.25, -0.2) is 14.5 Å². The molecule has 0 radical (unpaired) electrons. The molecular formula is C25H23N5O2S. The third-order valence-corrected chi connectivity index (χ3v) is 7.10. The monoisotopic (exact) mass is 457 g/mol. The van der Waals surface area contributed by atoms with E-state index < -0.39 is 0 Å². The quantitative estimate of drug-likeness (QED) is 0.375. The van der Waals surface area contributed by atoms with Crippen LogP contribution in [0, 0.1) is 0 Å². The lowest BCUT2D eigenvalue weighted by Gasteiger charge is -2.26. The Bertz CT molecular complexity index is 1410. The summed E-state index contributed by atoms with van der Waals surface area (Å²) in [6.07, 6.45) is 2.75. The number of hydrogen-bond donors (Lipinski definition) is 0. The molecule has 5 aromatic rings. The smallest absolute Gasteiger partial charge is 0.189 e. The lowest BCUT2D eigenvalue weighted by molar-refractivity contribution is 0.249. The molecule has 1 aliphatic rings. The highest BCUT2D eigenvalue weighted by Crippen LogP contribution is 2.36. The van der Waals surface area contributed by atoms with E-state index in [-0.39, 0.29) is 0 Å². The van der Waals surface area contributed by atoms with Crippen molar-refractivity contribution in [2.24, 2.45) is 0 Å². The predicted octanol–water partition coefficient (Wildman–Crippen LogP) is 4.48. The summed E-state index contributed by atoms with van der Waals surface area (Å²) in [4.78, 5) is 14.4. The zero-order chi connectivity index (χ0) is 22.2. The van der Waals surface area contributed by atoms with E-state index in [0.717, 1.165) is 53.4 Å². The first-order chi connectivity index (χ1) is 16.3. The minimum Gasteiger partial charge on any atom is -0.497 e. The lowest BCUT2D eigenvalue weighted by Crippen LogP contribution is -2.29. The van der Waals surface area contributed by atoms with Crippen molar-refractivity contribution in [1.82, 2.24) is 24.5 Å². The number of fused-ring (bicyclic) bond motifs is 5. The summed E-state index contributed by atoms with van der Waals surface area (Å²) in [7, 11) is 1.65. The number of methoxy groups -OCH3 is 1. The Kier molecular flexibility index (Phi) is 5.16. The molecule has 0 saturated carbocycles. The molecule has 0 fully saturated rings. The molecule has 2 aromatic carbocycles. The van der Waals surface area contributed by atoms with Gasteiger partial charge in [-0.2, -0.15) is 0 Å². The van der Waals surface area contributed by atoms with Crippen LogP contribution in [0.15, 0.2) is 60.9 Å². The van der Waals surface area contributed by atoms with E-state index in [2.05, 4.69) is 45.3 Å². The van der Waals surface area contributed by atoms with Crippen molar-refractivity contribution in [1.29, 1.82) is 0 Å². The molecule has 0 saturated heterocycles. The van der Waals surface area contributed by atoms with Crippen molar-refractivity contribution in [3.63, 3.8) is 0 Å². The van der Waals surface area contributed by atoms with Gasteiger partial charge in [0.2, 0.25) is 0 Å². The van der Waals surface area contributed by atoms with E-state index in [1.165, 1.54) is 16.0 Å². The standard InChI is InChI=1S/C25H23N5O2S/c1-31-18-7-9-19(10-8-18)32-15-22-27-24-23-20-11-12-29(13-17-5-3-2-4-6-17)14-21(20)33-25(23)26-16-30(24)28-22/h2-10,16H,11-15H2,1H3. The topological polar surface area (TPSA) is 64.8 Å². The molecule has 0 bridgehead atoms. The molecule has 33 heavy (non-hydrogen) atoms.